The Morgan fingerprint density at radius 1 is 1.10 bits per heavy atom. The van der Waals surface area contributed by atoms with Gasteiger partial charge in [-0.1, -0.05) is 18.2 Å². The molecular weight excluding hydrogens is 398 g/mol. The molecule has 3 fully saturated rings. The molecule has 2 aromatic carbocycles. The van der Waals surface area contributed by atoms with Crippen molar-refractivity contribution in [2.24, 2.45) is 28.8 Å². The highest BCUT2D eigenvalue weighted by molar-refractivity contribution is 5.82. The molecule has 0 radical (unpaired) electrons. The number of fused-ring (bicyclic) bond motifs is 2. The van der Waals surface area contributed by atoms with Gasteiger partial charge in [0.05, 0.1) is 12.6 Å². The second-order valence-electron chi connectivity index (χ2n) is 9.11. The number of rotatable bonds is 5. The molecule has 4 nitrogen and oxygen atoms in total. The maximum absolute atomic E-state index is 13.7. The molecule has 31 heavy (non-hydrogen) atoms. The molecule has 3 atom stereocenters. The quantitative estimate of drug-likeness (QED) is 0.656. The molecule has 2 bridgehead atoms. The number of hydrogen-bond donors (Lipinski definition) is 0. The summed E-state index contributed by atoms with van der Waals surface area (Å²) in [5.74, 6) is 0.768. The average Bonchev–Trinajstić information content (AvgIpc) is 3.21. The Hall–Kier alpha value is -2.76. The van der Waals surface area contributed by atoms with Gasteiger partial charge in [-0.2, -0.15) is 5.10 Å². The van der Waals surface area contributed by atoms with Crippen molar-refractivity contribution in [2.45, 2.75) is 38.6 Å². The number of carbonyl (C=O) groups is 1. The fourth-order valence-electron chi connectivity index (χ4n) is 5.40. The first-order valence-corrected chi connectivity index (χ1v) is 11.0. The van der Waals surface area contributed by atoms with Gasteiger partial charge < -0.3 is 4.74 Å². The van der Waals surface area contributed by atoms with Gasteiger partial charge in [0.25, 0.3) is 0 Å². The van der Waals surface area contributed by atoms with E-state index in [1.54, 1.807) is 6.21 Å². The fourth-order valence-corrected chi connectivity index (χ4v) is 5.40. The molecule has 6 heteroatoms. The van der Waals surface area contributed by atoms with Crippen LogP contribution >= 0.6 is 0 Å². The van der Waals surface area contributed by atoms with Gasteiger partial charge in [-0.05, 0) is 73.3 Å². The van der Waals surface area contributed by atoms with Crippen LogP contribution in [-0.4, -0.2) is 23.7 Å². The van der Waals surface area contributed by atoms with Crippen LogP contribution in [0.4, 0.5) is 8.78 Å². The van der Waals surface area contributed by atoms with Gasteiger partial charge in [0.15, 0.2) is 0 Å². The Labute approximate surface area is 180 Å². The summed E-state index contributed by atoms with van der Waals surface area (Å²) in [6.45, 7) is 2.64. The van der Waals surface area contributed by atoms with E-state index in [2.05, 4.69) is 5.10 Å². The zero-order chi connectivity index (χ0) is 21.5. The molecule has 1 aliphatic heterocycles. The summed E-state index contributed by atoms with van der Waals surface area (Å²) in [6.07, 6.45) is 4.98. The molecule has 4 aliphatic rings. The lowest BCUT2D eigenvalue weighted by molar-refractivity contribution is -0.148. The Balaban J connectivity index is 1.28. The topological polar surface area (TPSA) is 41.9 Å². The first-order chi connectivity index (χ1) is 15.0. The van der Waals surface area contributed by atoms with Gasteiger partial charge >= 0.3 is 0 Å². The predicted octanol–water partition coefficient (Wildman–Crippen LogP) is 5.27. The van der Waals surface area contributed by atoms with Gasteiger partial charge in [-0.15, -0.1) is 0 Å². The summed E-state index contributed by atoms with van der Waals surface area (Å²) in [6, 6.07) is 11.0. The van der Waals surface area contributed by atoms with E-state index >= 15 is 0 Å². The van der Waals surface area contributed by atoms with E-state index in [1.165, 1.54) is 17.1 Å². The average molecular weight is 424 g/mol. The Kier molecular flexibility index (Phi) is 5.24. The van der Waals surface area contributed by atoms with Gasteiger partial charge in [0.1, 0.15) is 17.4 Å². The van der Waals surface area contributed by atoms with Crippen molar-refractivity contribution < 1.29 is 18.3 Å². The number of benzene rings is 2. The van der Waals surface area contributed by atoms with Gasteiger partial charge in [-0.3, -0.25) is 4.79 Å². The minimum absolute atomic E-state index is 0.0348. The van der Waals surface area contributed by atoms with Crippen molar-refractivity contribution in [1.82, 2.24) is 5.01 Å². The number of para-hydroxylation sites is 1. The van der Waals surface area contributed by atoms with Crippen molar-refractivity contribution in [3.8, 4) is 5.75 Å². The molecule has 3 saturated carbocycles. The molecule has 2 aromatic rings. The summed E-state index contributed by atoms with van der Waals surface area (Å²) in [5, 5.41) is 5.75. The number of carbonyl (C=O) groups excluding carboxylic acids is 1. The third-order valence-electron chi connectivity index (χ3n) is 7.19. The van der Waals surface area contributed by atoms with Crippen LogP contribution in [0, 0.1) is 42.2 Å². The van der Waals surface area contributed by atoms with E-state index in [0.29, 0.717) is 36.3 Å². The summed E-state index contributed by atoms with van der Waals surface area (Å²) in [7, 11) is 0. The maximum Gasteiger partial charge on any atom is 0.246 e. The van der Waals surface area contributed by atoms with E-state index in [9.17, 15) is 13.6 Å². The lowest BCUT2D eigenvalue weighted by Gasteiger charge is -2.51. The van der Waals surface area contributed by atoms with Gasteiger partial charge in [0, 0.05) is 24.6 Å². The number of halogens is 2. The van der Waals surface area contributed by atoms with Crippen molar-refractivity contribution >= 4 is 12.1 Å². The smallest absolute Gasteiger partial charge is 0.246 e. The number of hydrogen-bond acceptors (Lipinski definition) is 3. The third kappa shape index (κ3) is 3.84. The predicted molar refractivity (Wildman–Crippen MR) is 114 cm³/mol. The maximum atomic E-state index is 13.7. The van der Waals surface area contributed by atoms with Gasteiger partial charge in [-0.25, -0.2) is 13.8 Å². The SMILES string of the molecule is Cc1ccccc1OC[C@@H]1CC(C(=O)N2N=CCC2c2cc(F)cc(F)c2)C2CC1C2. The molecule has 0 spiro atoms. The highest BCUT2D eigenvalue weighted by Crippen LogP contribution is 2.53. The standard InChI is InChI=1S/C25H26F2N2O2/c1-15-4-2-3-5-24(15)31-14-19-12-22(17-8-16(19)9-17)25(30)29-23(6-7-28-29)18-10-20(26)13-21(27)11-18/h2-5,7,10-11,13,16-17,19,22-23H,6,8-9,12,14H2,1H3/t16?,17?,19-,22?,23?/m0/s1. The molecule has 1 heterocycles. The van der Waals surface area contributed by atoms with E-state index < -0.39 is 17.7 Å². The van der Waals surface area contributed by atoms with Crippen LogP contribution in [0.25, 0.3) is 0 Å². The van der Waals surface area contributed by atoms with Crippen LogP contribution in [0.1, 0.15) is 42.9 Å². The minimum Gasteiger partial charge on any atom is -0.493 e. The normalized spacial score (nSPS) is 29.0. The molecule has 0 aromatic heterocycles. The summed E-state index contributed by atoms with van der Waals surface area (Å²) in [4.78, 5) is 13.4. The Bertz CT molecular complexity index is 998. The van der Waals surface area contributed by atoms with E-state index in [0.717, 1.165) is 36.6 Å². The summed E-state index contributed by atoms with van der Waals surface area (Å²) < 4.78 is 33.6. The second-order valence-corrected chi connectivity index (χ2v) is 9.11. The molecule has 1 amide bonds. The van der Waals surface area contributed by atoms with E-state index in [1.807, 2.05) is 31.2 Å². The van der Waals surface area contributed by atoms with Crippen LogP contribution in [0.3, 0.4) is 0 Å². The zero-order valence-electron chi connectivity index (χ0n) is 17.5. The van der Waals surface area contributed by atoms with Crippen LogP contribution in [0.5, 0.6) is 5.75 Å². The van der Waals surface area contributed by atoms with Crippen LogP contribution < -0.4 is 4.74 Å². The number of nitrogens with zero attached hydrogens (tertiary/aromatic N) is 2. The number of amides is 1. The van der Waals surface area contributed by atoms with E-state index in [4.69, 9.17) is 4.74 Å². The Morgan fingerprint density at radius 2 is 1.84 bits per heavy atom. The highest BCUT2D eigenvalue weighted by atomic mass is 19.1. The highest BCUT2D eigenvalue weighted by Gasteiger charge is 2.50. The van der Waals surface area contributed by atoms with Crippen molar-refractivity contribution in [3.05, 3.63) is 65.2 Å². The zero-order valence-corrected chi connectivity index (χ0v) is 17.5. The van der Waals surface area contributed by atoms with Crippen molar-refractivity contribution in [2.75, 3.05) is 6.61 Å². The molecule has 0 saturated heterocycles. The molecule has 0 N–H and O–H groups in total. The second kappa shape index (κ2) is 8.06. The van der Waals surface area contributed by atoms with Crippen LogP contribution in [0.15, 0.2) is 47.6 Å². The minimum atomic E-state index is -0.637. The Morgan fingerprint density at radius 3 is 2.58 bits per heavy atom. The fraction of sp³-hybridized carbons (Fsp3) is 0.440. The van der Waals surface area contributed by atoms with Crippen LogP contribution in [-0.2, 0) is 4.79 Å². The van der Waals surface area contributed by atoms with Crippen LogP contribution in [0.2, 0.25) is 0 Å². The summed E-state index contributed by atoms with van der Waals surface area (Å²) >= 11 is 0. The summed E-state index contributed by atoms with van der Waals surface area (Å²) in [5.41, 5.74) is 1.55. The number of hydrazone groups is 1. The number of ether oxygens (including phenoxy) is 1. The number of aryl methyl sites for hydroxylation is 1. The van der Waals surface area contributed by atoms with Crippen molar-refractivity contribution in [3.63, 3.8) is 0 Å². The van der Waals surface area contributed by atoms with Gasteiger partial charge in [0.2, 0.25) is 5.91 Å². The first-order valence-electron chi connectivity index (χ1n) is 11.0. The molecule has 162 valence electrons. The third-order valence-corrected chi connectivity index (χ3v) is 7.19. The lowest BCUT2D eigenvalue weighted by Crippen LogP contribution is -2.50. The molecule has 6 rings (SSSR count). The molecular formula is C25H26F2N2O2. The lowest BCUT2D eigenvalue weighted by atomic mass is 9.55. The first kappa shape index (κ1) is 20.2. The van der Waals surface area contributed by atoms with E-state index in [-0.39, 0.29) is 11.8 Å². The molecule has 2 unspecified atom stereocenters. The van der Waals surface area contributed by atoms with Crippen molar-refractivity contribution in [1.29, 1.82) is 0 Å². The largest absolute Gasteiger partial charge is 0.493 e. The monoisotopic (exact) mass is 424 g/mol. The molecule has 3 aliphatic carbocycles.